The van der Waals surface area contributed by atoms with Gasteiger partial charge >= 0.3 is 0 Å². The van der Waals surface area contributed by atoms with E-state index in [0.29, 0.717) is 6.61 Å². The predicted octanol–water partition coefficient (Wildman–Crippen LogP) is 0.229. The molecule has 0 aliphatic rings. The molecule has 4 N–H and O–H groups in total. The van der Waals surface area contributed by atoms with Crippen molar-refractivity contribution in [1.29, 1.82) is 0 Å². The van der Waals surface area contributed by atoms with Crippen LogP contribution in [0.25, 0.3) is 0 Å². The molecule has 1 unspecified atom stereocenters. The molecule has 0 saturated heterocycles. The summed E-state index contributed by atoms with van der Waals surface area (Å²) in [6, 6.07) is 0. The van der Waals surface area contributed by atoms with Gasteiger partial charge in [0, 0.05) is 13.5 Å². The molecule has 1 atom stereocenters. The molecule has 0 aliphatic heterocycles. The zero-order valence-electron chi connectivity index (χ0n) is 9.10. The van der Waals surface area contributed by atoms with E-state index in [2.05, 4.69) is 6.92 Å². The van der Waals surface area contributed by atoms with E-state index in [0.717, 1.165) is 19.8 Å². The zero-order valence-corrected chi connectivity index (χ0v) is 9.10. The van der Waals surface area contributed by atoms with Gasteiger partial charge in [0.1, 0.15) is 0 Å². The molecular weight excluding hydrogens is 188 g/mol. The maximum absolute atomic E-state index is 9.00. The first-order chi connectivity index (χ1) is 6.42. The quantitative estimate of drug-likeness (QED) is 0.534. The molecule has 0 heterocycles. The van der Waals surface area contributed by atoms with Crippen molar-refractivity contribution >= 4 is 5.97 Å². The summed E-state index contributed by atoms with van der Waals surface area (Å²) < 4.78 is 0. The molecule has 5 heteroatoms. The molecule has 0 aromatic rings. The number of carboxylic acid groups (broad SMARTS) is 1. The first-order valence-electron chi connectivity index (χ1n) is 4.51. The fraction of sp³-hybridized carbons (Fsp3) is 0.889. The number of carbonyl (C=O) groups is 1. The molecule has 0 saturated carbocycles. The van der Waals surface area contributed by atoms with Crippen LogP contribution >= 0.6 is 0 Å². The van der Waals surface area contributed by atoms with Gasteiger partial charge in [0.05, 0.1) is 12.7 Å². The summed E-state index contributed by atoms with van der Waals surface area (Å²) in [5, 5.41) is 31.5. The number of carboxylic acids is 1. The van der Waals surface area contributed by atoms with Crippen molar-refractivity contribution < 1.29 is 25.2 Å². The number of aliphatic carboxylic acids is 1. The fourth-order valence-electron chi connectivity index (χ4n) is 0.158. The predicted molar refractivity (Wildman–Crippen MR) is 54.1 cm³/mol. The van der Waals surface area contributed by atoms with Crippen LogP contribution in [0.1, 0.15) is 33.6 Å². The third-order valence-electron chi connectivity index (χ3n) is 0.776. The molecule has 88 valence electrons. The monoisotopic (exact) mass is 210 g/mol. The minimum Gasteiger partial charge on any atom is -0.481 e. The van der Waals surface area contributed by atoms with Crippen LogP contribution in [0.2, 0.25) is 0 Å². The Morgan fingerprint density at radius 2 is 1.64 bits per heavy atom. The second kappa shape index (κ2) is 18.2. The number of hydrogen-bond donors (Lipinski definition) is 4. The van der Waals surface area contributed by atoms with Crippen LogP contribution in [0.3, 0.4) is 0 Å². The van der Waals surface area contributed by atoms with Crippen molar-refractivity contribution in [2.75, 3.05) is 13.2 Å². The number of hydrogen-bond acceptors (Lipinski definition) is 4. The summed E-state index contributed by atoms with van der Waals surface area (Å²) in [5.74, 6) is -0.833. The highest BCUT2D eigenvalue weighted by molar-refractivity contribution is 5.62. The van der Waals surface area contributed by atoms with Crippen LogP contribution in [-0.4, -0.2) is 45.7 Å². The van der Waals surface area contributed by atoms with E-state index in [9.17, 15) is 0 Å². The van der Waals surface area contributed by atoms with E-state index in [4.69, 9.17) is 25.2 Å². The molecule has 0 aliphatic carbocycles. The van der Waals surface area contributed by atoms with Gasteiger partial charge in [-0.2, -0.15) is 0 Å². The Labute approximate surface area is 85.0 Å². The van der Waals surface area contributed by atoms with Crippen molar-refractivity contribution in [3.05, 3.63) is 0 Å². The van der Waals surface area contributed by atoms with Crippen molar-refractivity contribution in [3.8, 4) is 0 Å². The van der Waals surface area contributed by atoms with Gasteiger partial charge in [-0.15, -0.1) is 0 Å². The Kier molecular flexibility index (Phi) is 24.7. The standard InChI is InChI=1S/C4H10O.C3H8O2.C2H4O2/c1-2-3-4-5;1-3(5)2-4;1-2(3)4/h5H,2-4H2,1H3;3-5H,2H2,1H3;1H3,(H,3,4). The summed E-state index contributed by atoms with van der Waals surface area (Å²) >= 11 is 0. The lowest BCUT2D eigenvalue weighted by Gasteiger charge is -1.90. The van der Waals surface area contributed by atoms with Gasteiger partial charge in [-0.1, -0.05) is 13.3 Å². The molecule has 14 heavy (non-hydrogen) atoms. The first-order valence-corrected chi connectivity index (χ1v) is 4.51. The molecular formula is C9H22O5. The molecule has 0 fully saturated rings. The Bertz CT molecular complexity index is 97.4. The SMILES string of the molecule is CC(=O)O.CC(O)CO.CCCCO. The van der Waals surface area contributed by atoms with E-state index in [1.54, 1.807) is 0 Å². The van der Waals surface area contributed by atoms with E-state index in [-0.39, 0.29) is 6.61 Å². The lowest BCUT2D eigenvalue weighted by Crippen LogP contribution is -2.03. The molecule has 0 aromatic carbocycles. The minimum absolute atomic E-state index is 0.139. The lowest BCUT2D eigenvalue weighted by atomic mass is 10.4. The van der Waals surface area contributed by atoms with Gasteiger partial charge in [-0.3, -0.25) is 4.79 Å². The topological polar surface area (TPSA) is 98.0 Å². The number of aliphatic hydroxyl groups excluding tert-OH is 3. The van der Waals surface area contributed by atoms with Crippen LogP contribution in [-0.2, 0) is 4.79 Å². The third kappa shape index (κ3) is 108. The molecule has 0 aromatic heterocycles. The average molecular weight is 210 g/mol. The maximum Gasteiger partial charge on any atom is 0.300 e. The molecule has 0 amide bonds. The van der Waals surface area contributed by atoms with Crippen LogP contribution in [0.4, 0.5) is 0 Å². The molecule has 0 bridgehead atoms. The average Bonchev–Trinajstić information content (AvgIpc) is 2.06. The summed E-state index contributed by atoms with van der Waals surface area (Å²) in [5.41, 5.74) is 0. The Balaban J connectivity index is -0.000000131. The zero-order chi connectivity index (χ0) is 12.0. The molecule has 0 spiro atoms. The number of rotatable bonds is 3. The lowest BCUT2D eigenvalue weighted by molar-refractivity contribution is -0.134. The highest BCUT2D eigenvalue weighted by Crippen LogP contribution is 1.78. The Morgan fingerprint density at radius 3 is 1.64 bits per heavy atom. The maximum atomic E-state index is 9.00. The van der Waals surface area contributed by atoms with Crippen LogP contribution in [0, 0.1) is 0 Å². The van der Waals surface area contributed by atoms with Gasteiger partial charge in [0.15, 0.2) is 0 Å². The van der Waals surface area contributed by atoms with Gasteiger partial charge in [-0.05, 0) is 13.3 Å². The summed E-state index contributed by atoms with van der Waals surface area (Å²) in [7, 11) is 0. The van der Waals surface area contributed by atoms with Gasteiger partial charge in [0.25, 0.3) is 5.97 Å². The molecule has 0 radical (unpaired) electrons. The molecule has 0 rings (SSSR count). The summed E-state index contributed by atoms with van der Waals surface area (Å²) in [4.78, 5) is 9.00. The van der Waals surface area contributed by atoms with E-state index >= 15 is 0 Å². The van der Waals surface area contributed by atoms with Crippen LogP contribution < -0.4 is 0 Å². The normalized spacial score (nSPS) is 10.1. The van der Waals surface area contributed by atoms with E-state index < -0.39 is 12.1 Å². The van der Waals surface area contributed by atoms with E-state index in [1.165, 1.54) is 6.92 Å². The van der Waals surface area contributed by atoms with Gasteiger partial charge in [0.2, 0.25) is 0 Å². The third-order valence-corrected chi connectivity index (χ3v) is 0.776. The van der Waals surface area contributed by atoms with Crippen molar-refractivity contribution in [2.24, 2.45) is 0 Å². The number of aliphatic hydroxyl groups is 3. The summed E-state index contributed by atoms with van der Waals surface area (Å²) in [6.45, 7) is 4.87. The van der Waals surface area contributed by atoms with Crippen LogP contribution in [0.5, 0.6) is 0 Å². The van der Waals surface area contributed by atoms with Crippen molar-refractivity contribution in [3.63, 3.8) is 0 Å². The first kappa shape index (κ1) is 19.0. The highest BCUT2D eigenvalue weighted by atomic mass is 16.4. The fourth-order valence-corrected chi connectivity index (χ4v) is 0.158. The van der Waals surface area contributed by atoms with Crippen molar-refractivity contribution in [1.82, 2.24) is 0 Å². The summed E-state index contributed by atoms with van der Waals surface area (Å²) in [6.07, 6.45) is 1.48. The van der Waals surface area contributed by atoms with Gasteiger partial charge in [-0.25, -0.2) is 0 Å². The second-order valence-electron chi connectivity index (χ2n) is 2.63. The Hall–Kier alpha value is -0.650. The smallest absolute Gasteiger partial charge is 0.300 e. The van der Waals surface area contributed by atoms with Crippen molar-refractivity contribution in [2.45, 2.75) is 39.7 Å². The van der Waals surface area contributed by atoms with Gasteiger partial charge < -0.3 is 20.4 Å². The highest BCUT2D eigenvalue weighted by Gasteiger charge is 1.83. The second-order valence-corrected chi connectivity index (χ2v) is 2.63. The Morgan fingerprint density at radius 1 is 1.36 bits per heavy atom. The number of unbranched alkanes of at least 4 members (excludes halogenated alkanes) is 1. The van der Waals surface area contributed by atoms with E-state index in [1.807, 2.05) is 0 Å². The molecule has 5 nitrogen and oxygen atoms in total. The van der Waals surface area contributed by atoms with Crippen LogP contribution in [0.15, 0.2) is 0 Å². The minimum atomic E-state index is -0.833. The largest absolute Gasteiger partial charge is 0.481 e.